The van der Waals surface area contributed by atoms with E-state index in [0.717, 1.165) is 22.6 Å². The van der Waals surface area contributed by atoms with Gasteiger partial charge in [-0.05, 0) is 41.5 Å². The zero-order valence-corrected chi connectivity index (χ0v) is 19.6. The lowest BCUT2D eigenvalue weighted by Crippen LogP contribution is -2.41. The summed E-state index contributed by atoms with van der Waals surface area (Å²) in [6.07, 6.45) is 4.24. The van der Waals surface area contributed by atoms with Gasteiger partial charge >= 0.3 is 5.69 Å². The normalized spacial score (nSPS) is 11.4. The summed E-state index contributed by atoms with van der Waals surface area (Å²) in [4.78, 5) is 31.6. The first-order valence-electron chi connectivity index (χ1n) is 11.0. The number of halogens is 1. The van der Waals surface area contributed by atoms with Gasteiger partial charge in [0.2, 0.25) is 0 Å². The minimum Gasteiger partial charge on any atom is -0.325 e. The molecule has 0 radical (unpaired) electrons. The molecule has 0 aliphatic heterocycles. The third kappa shape index (κ3) is 3.86. The predicted molar refractivity (Wildman–Crippen MR) is 132 cm³/mol. The molecule has 0 amide bonds. The fraction of sp³-hybridized carbons (Fsp3) is 0.200. The van der Waals surface area contributed by atoms with Gasteiger partial charge in [0, 0.05) is 30.9 Å². The van der Waals surface area contributed by atoms with Crippen LogP contribution in [0.2, 0.25) is 5.02 Å². The summed E-state index contributed by atoms with van der Waals surface area (Å²) in [7, 11) is 1.82. The summed E-state index contributed by atoms with van der Waals surface area (Å²) in [6.45, 7) is 2.41. The van der Waals surface area contributed by atoms with Crippen molar-refractivity contribution < 1.29 is 0 Å². The number of hydrogen-bond donors (Lipinski definition) is 0. The zero-order valence-electron chi connectivity index (χ0n) is 18.8. The van der Waals surface area contributed by atoms with E-state index in [9.17, 15) is 9.59 Å². The Morgan fingerprint density at radius 2 is 1.56 bits per heavy atom. The van der Waals surface area contributed by atoms with Crippen LogP contribution >= 0.6 is 11.6 Å². The van der Waals surface area contributed by atoms with Crippen molar-refractivity contribution in [1.29, 1.82) is 0 Å². The van der Waals surface area contributed by atoms with Crippen molar-refractivity contribution in [2.75, 3.05) is 0 Å². The zero-order chi connectivity index (χ0) is 23.8. The molecule has 0 atom stereocenters. The third-order valence-corrected chi connectivity index (χ3v) is 6.20. The summed E-state index contributed by atoms with van der Waals surface area (Å²) >= 11 is 6.00. The highest BCUT2D eigenvalue weighted by Crippen LogP contribution is 2.15. The lowest BCUT2D eigenvalue weighted by atomic mass is 10.2. The fourth-order valence-corrected chi connectivity index (χ4v) is 4.26. The first-order valence-corrected chi connectivity index (χ1v) is 11.4. The number of aryl methyl sites for hydroxylation is 2. The van der Waals surface area contributed by atoms with Gasteiger partial charge in [-0.15, -0.1) is 0 Å². The number of imidazole rings is 1. The molecule has 0 saturated carbocycles. The Balaban J connectivity index is 1.63. The second kappa shape index (κ2) is 8.79. The van der Waals surface area contributed by atoms with Crippen LogP contribution in [-0.4, -0.2) is 28.5 Å². The fourth-order valence-electron chi connectivity index (χ4n) is 4.14. The van der Waals surface area contributed by atoms with Gasteiger partial charge in [-0.2, -0.15) is 5.10 Å². The van der Waals surface area contributed by atoms with Crippen molar-refractivity contribution in [3.63, 3.8) is 0 Å². The lowest BCUT2D eigenvalue weighted by molar-refractivity contribution is 0.629. The molecular formula is C25H23ClN6O2. The Morgan fingerprint density at radius 1 is 0.912 bits per heavy atom. The van der Waals surface area contributed by atoms with Crippen molar-refractivity contribution in [2.45, 2.75) is 26.4 Å². The van der Waals surface area contributed by atoms with E-state index in [1.807, 2.05) is 62.6 Å². The molecule has 0 bridgehead atoms. The van der Waals surface area contributed by atoms with Crippen LogP contribution in [0.1, 0.15) is 23.9 Å². The van der Waals surface area contributed by atoms with Crippen LogP contribution in [0.4, 0.5) is 0 Å². The summed E-state index contributed by atoms with van der Waals surface area (Å²) in [5.41, 5.74) is 2.72. The first-order chi connectivity index (χ1) is 16.5. The molecule has 5 aromatic rings. The van der Waals surface area contributed by atoms with Crippen LogP contribution in [0.3, 0.4) is 0 Å². The van der Waals surface area contributed by atoms with Crippen LogP contribution < -0.4 is 11.2 Å². The molecule has 5 rings (SSSR count). The lowest BCUT2D eigenvalue weighted by Gasteiger charge is -2.13. The maximum Gasteiger partial charge on any atom is 0.333 e. The summed E-state index contributed by atoms with van der Waals surface area (Å²) < 4.78 is 6.40. The van der Waals surface area contributed by atoms with Crippen LogP contribution in [-0.2, 0) is 26.6 Å². The van der Waals surface area contributed by atoms with Crippen molar-refractivity contribution in [1.82, 2.24) is 28.5 Å². The van der Waals surface area contributed by atoms with Crippen LogP contribution in [0.5, 0.6) is 0 Å². The van der Waals surface area contributed by atoms with Crippen LogP contribution in [0, 0.1) is 0 Å². The molecule has 34 heavy (non-hydrogen) atoms. The quantitative estimate of drug-likeness (QED) is 0.378. The highest BCUT2D eigenvalue weighted by Gasteiger charge is 2.20. The molecule has 0 spiro atoms. The minimum atomic E-state index is -0.399. The number of rotatable bonds is 6. The largest absolute Gasteiger partial charge is 0.333 e. The highest BCUT2D eigenvalue weighted by molar-refractivity contribution is 6.30. The van der Waals surface area contributed by atoms with Gasteiger partial charge in [-0.1, -0.05) is 42.8 Å². The van der Waals surface area contributed by atoms with E-state index in [1.165, 1.54) is 4.57 Å². The van der Waals surface area contributed by atoms with E-state index in [0.29, 0.717) is 22.6 Å². The van der Waals surface area contributed by atoms with E-state index in [2.05, 4.69) is 10.1 Å². The minimum absolute atomic E-state index is 0.148. The SMILES string of the molecule is CCc1nc2c(c(=O)n(Cc3ccc(Cl)cc3)c(=O)n2Cc2ccc(-n3cccn3)cc2)n1C. The Hall–Kier alpha value is -3.91. The van der Waals surface area contributed by atoms with Gasteiger partial charge < -0.3 is 4.57 Å². The molecule has 0 N–H and O–H groups in total. The molecule has 0 unspecified atom stereocenters. The van der Waals surface area contributed by atoms with Crippen molar-refractivity contribution in [3.8, 4) is 5.69 Å². The predicted octanol–water partition coefficient (Wildman–Crippen LogP) is 3.39. The Labute approximate surface area is 200 Å². The molecule has 0 aliphatic rings. The average Bonchev–Trinajstić information content (AvgIpc) is 3.49. The molecule has 0 saturated heterocycles. The van der Waals surface area contributed by atoms with Crippen molar-refractivity contribution in [3.05, 3.63) is 110 Å². The van der Waals surface area contributed by atoms with E-state index in [-0.39, 0.29) is 18.6 Å². The molecule has 0 aliphatic carbocycles. The Kier molecular flexibility index (Phi) is 5.67. The van der Waals surface area contributed by atoms with Crippen LogP contribution in [0.15, 0.2) is 76.6 Å². The van der Waals surface area contributed by atoms with Crippen molar-refractivity contribution in [2.24, 2.45) is 7.05 Å². The van der Waals surface area contributed by atoms with Gasteiger partial charge in [0.25, 0.3) is 5.56 Å². The second-order valence-corrected chi connectivity index (χ2v) is 8.55. The molecule has 3 heterocycles. The summed E-state index contributed by atoms with van der Waals surface area (Å²) in [5, 5.41) is 4.84. The second-order valence-electron chi connectivity index (χ2n) is 8.12. The number of fused-ring (bicyclic) bond motifs is 1. The van der Waals surface area contributed by atoms with E-state index in [4.69, 9.17) is 11.6 Å². The van der Waals surface area contributed by atoms with Gasteiger partial charge in [0.05, 0.1) is 18.8 Å². The number of nitrogens with zero attached hydrogens (tertiary/aromatic N) is 6. The standard InChI is InChI=1S/C25H23ClN6O2/c1-3-21-28-23-22(29(21)2)24(33)31(16-17-5-9-19(26)10-6-17)25(34)30(23)15-18-7-11-20(12-8-18)32-14-4-13-27-32/h4-14H,3,15-16H2,1-2H3. The maximum atomic E-state index is 13.6. The molecule has 3 aromatic heterocycles. The summed E-state index contributed by atoms with van der Waals surface area (Å²) in [6, 6.07) is 16.8. The molecule has 2 aromatic carbocycles. The van der Waals surface area contributed by atoms with Crippen molar-refractivity contribution >= 4 is 22.8 Å². The maximum absolute atomic E-state index is 13.6. The van der Waals surface area contributed by atoms with Gasteiger partial charge in [0.15, 0.2) is 11.2 Å². The van der Waals surface area contributed by atoms with Gasteiger partial charge in [-0.25, -0.2) is 14.5 Å². The van der Waals surface area contributed by atoms with Gasteiger partial charge in [-0.3, -0.25) is 13.9 Å². The molecule has 8 nitrogen and oxygen atoms in total. The molecule has 9 heteroatoms. The summed E-state index contributed by atoms with van der Waals surface area (Å²) in [5.74, 6) is 0.749. The average molecular weight is 475 g/mol. The van der Waals surface area contributed by atoms with E-state index < -0.39 is 5.69 Å². The van der Waals surface area contributed by atoms with Crippen LogP contribution in [0.25, 0.3) is 16.9 Å². The van der Waals surface area contributed by atoms with E-state index >= 15 is 0 Å². The highest BCUT2D eigenvalue weighted by atomic mass is 35.5. The van der Waals surface area contributed by atoms with E-state index in [1.54, 1.807) is 32.1 Å². The smallest absolute Gasteiger partial charge is 0.325 e. The molecule has 172 valence electrons. The monoisotopic (exact) mass is 474 g/mol. The number of hydrogen-bond acceptors (Lipinski definition) is 4. The Bertz CT molecular complexity index is 1580. The third-order valence-electron chi connectivity index (χ3n) is 5.95. The molecule has 0 fully saturated rings. The molecular weight excluding hydrogens is 452 g/mol. The number of aromatic nitrogens is 6. The van der Waals surface area contributed by atoms with Gasteiger partial charge in [0.1, 0.15) is 5.82 Å². The number of benzene rings is 2. The first kappa shape index (κ1) is 21.9. The topological polar surface area (TPSA) is 79.6 Å². The Morgan fingerprint density at radius 3 is 2.18 bits per heavy atom.